The van der Waals surface area contributed by atoms with Gasteiger partial charge in [-0.1, -0.05) is 0 Å². The van der Waals surface area contributed by atoms with Gasteiger partial charge in [-0.2, -0.15) is 5.26 Å². The van der Waals surface area contributed by atoms with Crippen LogP contribution in [0, 0.1) is 25.2 Å². The molecule has 0 spiro atoms. The number of anilines is 1. The monoisotopic (exact) mass is 338 g/mol. The molecule has 7 heteroatoms. The van der Waals surface area contributed by atoms with Crippen LogP contribution < -0.4 is 16.6 Å². The van der Waals surface area contributed by atoms with Crippen molar-refractivity contribution in [3.63, 3.8) is 0 Å². The number of carbonyl (C=O) groups excluding carboxylic acids is 2. The lowest BCUT2D eigenvalue weighted by Gasteiger charge is -2.11. The molecule has 0 saturated heterocycles. The molecular formula is C18H18N4O3. The first-order valence-corrected chi connectivity index (χ1v) is 7.65. The number of amides is 2. The molecule has 0 bridgehead atoms. The van der Waals surface area contributed by atoms with Crippen LogP contribution in [0.5, 0.6) is 0 Å². The maximum absolute atomic E-state index is 12.1. The third kappa shape index (κ3) is 4.12. The minimum Gasteiger partial charge on any atom is -0.366 e. The van der Waals surface area contributed by atoms with Crippen LogP contribution in [-0.2, 0) is 11.2 Å². The van der Waals surface area contributed by atoms with Crippen molar-refractivity contribution in [2.45, 2.75) is 26.7 Å². The molecule has 0 radical (unpaired) electrons. The van der Waals surface area contributed by atoms with Crippen LogP contribution in [-0.4, -0.2) is 16.8 Å². The van der Waals surface area contributed by atoms with Gasteiger partial charge in [0.15, 0.2) is 0 Å². The number of benzene rings is 1. The van der Waals surface area contributed by atoms with E-state index in [1.54, 1.807) is 26.0 Å². The largest absolute Gasteiger partial charge is 0.366 e. The molecular weight excluding hydrogens is 320 g/mol. The molecule has 1 aromatic carbocycles. The number of carbonyl (C=O) groups is 2. The average molecular weight is 338 g/mol. The van der Waals surface area contributed by atoms with Crippen LogP contribution in [0.15, 0.2) is 29.1 Å². The molecule has 25 heavy (non-hydrogen) atoms. The Kier molecular flexibility index (Phi) is 5.35. The summed E-state index contributed by atoms with van der Waals surface area (Å²) in [5.74, 6) is -0.745. The van der Waals surface area contributed by atoms with Crippen molar-refractivity contribution in [3.05, 3.63) is 62.6 Å². The second-order valence-corrected chi connectivity index (χ2v) is 5.66. The van der Waals surface area contributed by atoms with Crippen molar-refractivity contribution in [2.24, 2.45) is 5.73 Å². The van der Waals surface area contributed by atoms with Gasteiger partial charge in [-0.05, 0) is 55.7 Å². The molecule has 4 N–H and O–H groups in total. The standard InChI is InChI=1S/C18H18N4O3/c1-10-14(11(2)21-18(25)15(10)9-19)7-8-16(23)22-13-5-3-12(4-6-13)17(20)24/h3-6H,7-8H2,1-2H3,(H2,20,24)(H,21,25)(H,22,23). The summed E-state index contributed by atoms with van der Waals surface area (Å²) in [6.45, 7) is 3.45. The Bertz CT molecular complexity index is 921. The van der Waals surface area contributed by atoms with Gasteiger partial charge in [0.1, 0.15) is 11.6 Å². The number of nitrogens with two attached hydrogens (primary N) is 1. The highest BCUT2D eigenvalue weighted by molar-refractivity contribution is 5.94. The first-order valence-electron chi connectivity index (χ1n) is 7.65. The fourth-order valence-corrected chi connectivity index (χ4v) is 2.60. The number of hydrogen-bond acceptors (Lipinski definition) is 4. The fourth-order valence-electron chi connectivity index (χ4n) is 2.60. The van der Waals surface area contributed by atoms with Crippen LogP contribution >= 0.6 is 0 Å². The lowest BCUT2D eigenvalue weighted by atomic mass is 9.99. The van der Waals surface area contributed by atoms with Gasteiger partial charge in [-0.3, -0.25) is 14.4 Å². The SMILES string of the molecule is Cc1[nH]c(=O)c(C#N)c(C)c1CCC(=O)Nc1ccc(C(N)=O)cc1. The predicted molar refractivity (Wildman–Crippen MR) is 93.2 cm³/mol. The van der Waals surface area contributed by atoms with Crippen molar-refractivity contribution in [2.75, 3.05) is 5.32 Å². The first kappa shape index (κ1) is 17.9. The Labute approximate surface area is 144 Å². The number of primary amides is 1. The van der Waals surface area contributed by atoms with E-state index in [9.17, 15) is 14.4 Å². The zero-order valence-electron chi connectivity index (χ0n) is 14.0. The Morgan fingerprint density at radius 3 is 2.44 bits per heavy atom. The third-order valence-electron chi connectivity index (χ3n) is 3.98. The molecule has 0 unspecified atom stereocenters. The zero-order valence-corrected chi connectivity index (χ0v) is 14.0. The van der Waals surface area contributed by atoms with Gasteiger partial charge in [-0.15, -0.1) is 0 Å². The number of nitrogens with one attached hydrogen (secondary N) is 2. The molecule has 0 aliphatic carbocycles. The number of rotatable bonds is 5. The molecule has 7 nitrogen and oxygen atoms in total. The topological polar surface area (TPSA) is 129 Å². The number of H-pyrrole nitrogens is 1. The third-order valence-corrected chi connectivity index (χ3v) is 3.98. The quantitative estimate of drug-likeness (QED) is 0.763. The van der Waals surface area contributed by atoms with Crippen molar-refractivity contribution in [1.82, 2.24) is 4.98 Å². The summed E-state index contributed by atoms with van der Waals surface area (Å²) >= 11 is 0. The molecule has 128 valence electrons. The zero-order chi connectivity index (χ0) is 18.6. The second-order valence-electron chi connectivity index (χ2n) is 5.66. The lowest BCUT2D eigenvalue weighted by molar-refractivity contribution is -0.116. The minimum atomic E-state index is -0.532. The van der Waals surface area contributed by atoms with Gasteiger partial charge in [-0.25, -0.2) is 0 Å². The van der Waals surface area contributed by atoms with E-state index in [1.807, 2.05) is 6.07 Å². The molecule has 0 atom stereocenters. The Balaban J connectivity index is 2.07. The average Bonchev–Trinajstić information content (AvgIpc) is 2.55. The summed E-state index contributed by atoms with van der Waals surface area (Å²) in [7, 11) is 0. The molecule has 0 fully saturated rings. The number of aryl methyl sites for hydroxylation is 1. The van der Waals surface area contributed by atoms with E-state index in [2.05, 4.69) is 10.3 Å². The number of aromatic nitrogens is 1. The number of nitriles is 1. The highest BCUT2D eigenvalue weighted by Crippen LogP contribution is 2.16. The van der Waals surface area contributed by atoms with Crippen LogP contribution in [0.1, 0.15) is 39.2 Å². The van der Waals surface area contributed by atoms with Crippen LogP contribution in [0.25, 0.3) is 0 Å². The van der Waals surface area contributed by atoms with Gasteiger partial charge in [0.05, 0.1) is 0 Å². The van der Waals surface area contributed by atoms with Crippen molar-refractivity contribution in [3.8, 4) is 6.07 Å². The summed E-state index contributed by atoms with van der Waals surface area (Å²) in [6, 6.07) is 8.16. The maximum Gasteiger partial charge on any atom is 0.266 e. The van der Waals surface area contributed by atoms with Crippen LogP contribution in [0.4, 0.5) is 5.69 Å². The van der Waals surface area contributed by atoms with Crippen molar-refractivity contribution >= 4 is 17.5 Å². The Morgan fingerprint density at radius 2 is 1.88 bits per heavy atom. The van der Waals surface area contributed by atoms with E-state index >= 15 is 0 Å². The summed E-state index contributed by atoms with van der Waals surface area (Å²) < 4.78 is 0. The normalized spacial score (nSPS) is 10.1. The predicted octanol–water partition coefficient (Wildman–Crippen LogP) is 1.53. The molecule has 2 rings (SSSR count). The van der Waals surface area contributed by atoms with Gasteiger partial charge < -0.3 is 16.0 Å². The van der Waals surface area contributed by atoms with Gasteiger partial charge >= 0.3 is 0 Å². The van der Waals surface area contributed by atoms with E-state index in [1.165, 1.54) is 12.1 Å². The number of nitrogens with zero attached hydrogens (tertiary/aromatic N) is 1. The van der Waals surface area contributed by atoms with E-state index in [0.717, 1.165) is 5.56 Å². The van der Waals surface area contributed by atoms with Crippen LogP contribution in [0.3, 0.4) is 0 Å². The van der Waals surface area contributed by atoms with E-state index < -0.39 is 11.5 Å². The van der Waals surface area contributed by atoms with E-state index in [0.29, 0.717) is 28.9 Å². The van der Waals surface area contributed by atoms with Crippen LogP contribution in [0.2, 0.25) is 0 Å². The molecule has 0 aliphatic heterocycles. The van der Waals surface area contributed by atoms with E-state index in [-0.39, 0.29) is 17.9 Å². The lowest BCUT2D eigenvalue weighted by Crippen LogP contribution is -2.18. The fraction of sp³-hybridized carbons (Fsp3) is 0.222. The molecule has 0 saturated carbocycles. The highest BCUT2D eigenvalue weighted by atomic mass is 16.2. The molecule has 2 amide bonds. The molecule has 1 heterocycles. The Morgan fingerprint density at radius 1 is 1.24 bits per heavy atom. The second kappa shape index (κ2) is 7.45. The highest BCUT2D eigenvalue weighted by Gasteiger charge is 2.13. The summed E-state index contributed by atoms with van der Waals surface area (Å²) in [5, 5.41) is 11.8. The first-order chi connectivity index (χ1) is 11.8. The summed E-state index contributed by atoms with van der Waals surface area (Å²) in [6.07, 6.45) is 0.588. The molecule has 1 aromatic heterocycles. The summed E-state index contributed by atoms with van der Waals surface area (Å²) in [5.41, 5.74) is 7.78. The summed E-state index contributed by atoms with van der Waals surface area (Å²) in [4.78, 5) is 37.5. The van der Waals surface area contributed by atoms with Gasteiger partial charge in [0.2, 0.25) is 11.8 Å². The van der Waals surface area contributed by atoms with Gasteiger partial charge in [0, 0.05) is 23.4 Å². The van der Waals surface area contributed by atoms with Crippen molar-refractivity contribution < 1.29 is 9.59 Å². The number of hydrogen-bond donors (Lipinski definition) is 3. The van der Waals surface area contributed by atoms with Gasteiger partial charge in [0.25, 0.3) is 5.56 Å². The Hall–Kier alpha value is -3.40. The molecule has 0 aliphatic rings. The number of aromatic amines is 1. The van der Waals surface area contributed by atoms with E-state index in [4.69, 9.17) is 11.0 Å². The smallest absolute Gasteiger partial charge is 0.266 e. The molecule has 2 aromatic rings. The van der Waals surface area contributed by atoms with Crippen molar-refractivity contribution in [1.29, 1.82) is 5.26 Å². The minimum absolute atomic E-state index is 0.0723. The maximum atomic E-state index is 12.1. The number of pyridine rings is 1.